The zero-order valence-corrected chi connectivity index (χ0v) is 9.97. The van der Waals surface area contributed by atoms with Crippen molar-refractivity contribution >= 4 is 11.8 Å². The Labute approximate surface area is 95.3 Å². The zero-order valence-electron chi connectivity index (χ0n) is 9.97. The molecule has 2 unspecified atom stereocenters. The Balaban J connectivity index is 2.59. The first kappa shape index (κ1) is 12.9. The Morgan fingerprint density at radius 1 is 1.50 bits per heavy atom. The van der Waals surface area contributed by atoms with Gasteiger partial charge in [0.05, 0.1) is 12.6 Å². The van der Waals surface area contributed by atoms with Crippen LogP contribution in [0.5, 0.6) is 0 Å². The maximum atomic E-state index is 11.7. The van der Waals surface area contributed by atoms with Crippen molar-refractivity contribution in [3.8, 4) is 0 Å². The topological polar surface area (TPSA) is 75.9 Å². The van der Waals surface area contributed by atoms with Gasteiger partial charge in [-0.25, -0.2) is 0 Å². The molecule has 0 radical (unpaired) electrons. The molecule has 16 heavy (non-hydrogen) atoms. The number of hydrogen-bond acceptors (Lipinski definition) is 4. The molecule has 6 nitrogen and oxygen atoms in total. The highest BCUT2D eigenvalue weighted by atomic mass is 16.5. The second-order valence-electron chi connectivity index (χ2n) is 4.17. The van der Waals surface area contributed by atoms with Crippen LogP contribution in [0.1, 0.15) is 6.92 Å². The van der Waals surface area contributed by atoms with Crippen molar-refractivity contribution in [1.29, 1.82) is 0 Å². The molecule has 2 N–H and O–H groups in total. The van der Waals surface area contributed by atoms with E-state index in [9.17, 15) is 9.59 Å². The van der Waals surface area contributed by atoms with Gasteiger partial charge in [-0.3, -0.25) is 14.5 Å². The number of likely N-dealkylation sites (N-methyl/N-ethyl adjacent to an activating group) is 1. The van der Waals surface area contributed by atoms with Crippen LogP contribution in [0.15, 0.2) is 0 Å². The van der Waals surface area contributed by atoms with Crippen LogP contribution < -0.4 is 5.73 Å². The van der Waals surface area contributed by atoms with E-state index in [1.54, 1.807) is 19.0 Å². The largest absolute Gasteiger partial charge is 0.367 e. The predicted molar refractivity (Wildman–Crippen MR) is 58.7 cm³/mol. The van der Waals surface area contributed by atoms with Crippen LogP contribution in [0.25, 0.3) is 0 Å². The number of hydrogen-bond donors (Lipinski definition) is 1. The Bertz CT molecular complexity index is 280. The van der Waals surface area contributed by atoms with Gasteiger partial charge in [0.2, 0.25) is 11.8 Å². The lowest BCUT2D eigenvalue weighted by molar-refractivity contribution is -0.143. The molecule has 0 bridgehead atoms. The SMILES string of the molecule is CC(C(=O)N(C)C)N1CCOC(C(N)=O)C1. The maximum absolute atomic E-state index is 11.7. The Morgan fingerprint density at radius 3 is 2.62 bits per heavy atom. The lowest BCUT2D eigenvalue weighted by Gasteiger charge is -2.35. The van der Waals surface area contributed by atoms with Crippen molar-refractivity contribution < 1.29 is 14.3 Å². The summed E-state index contributed by atoms with van der Waals surface area (Å²) in [7, 11) is 3.43. The third-order valence-electron chi connectivity index (χ3n) is 2.76. The minimum absolute atomic E-state index is 0.0186. The van der Waals surface area contributed by atoms with Crippen LogP contribution in [0.2, 0.25) is 0 Å². The summed E-state index contributed by atoms with van der Waals surface area (Å²) in [5.41, 5.74) is 5.18. The molecule has 1 rings (SSSR count). The van der Waals surface area contributed by atoms with Crippen molar-refractivity contribution in [2.75, 3.05) is 33.8 Å². The summed E-state index contributed by atoms with van der Waals surface area (Å²) >= 11 is 0. The minimum atomic E-state index is -0.605. The van der Waals surface area contributed by atoms with Crippen molar-refractivity contribution in [2.45, 2.75) is 19.1 Å². The maximum Gasteiger partial charge on any atom is 0.247 e. The highest BCUT2D eigenvalue weighted by Crippen LogP contribution is 2.10. The van der Waals surface area contributed by atoms with E-state index in [2.05, 4.69) is 0 Å². The summed E-state index contributed by atoms with van der Waals surface area (Å²) in [4.78, 5) is 26.2. The van der Waals surface area contributed by atoms with Gasteiger partial charge in [0.25, 0.3) is 0 Å². The monoisotopic (exact) mass is 229 g/mol. The molecule has 0 aliphatic carbocycles. The fourth-order valence-corrected chi connectivity index (χ4v) is 1.72. The zero-order chi connectivity index (χ0) is 12.3. The van der Waals surface area contributed by atoms with E-state index in [0.717, 1.165) is 0 Å². The van der Waals surface area contributed by atoms with Crippen LogP contribution in [0.3, 0.4) is 0 Å². The third kappa shape index (κ3) is 2.93. The highest BCUT2D eigenvalue weighted by molar-refractivity contribution is 5.81. The van der Waals surface area contributed by atoms with Gasteiger partial charge in [-0.05, 0) is 6.92 Å². The predicted octanol–water partition coefficient (Wildman–Crippen LogP) is -1.35. The van der Waals surface area contributed by atoms with Crippen molar-refractivity contribution in [3.05, 3.63) is 0 Å². The Kier molecular flexibility index (Phi) is 4.26. The molecule has 0 saturated carbocycles. The van der Waals surface area contributed by atoms with Gasteiger partial charge in [0, 0.05) is 27.2 Å². The fraction of sp³-hybridized carbons (Fsp3) is 0.800. The molecule has 1 fully saturated rings. The van der Waals surface area contributed by atoms with Gasteiger partial charge in [-0.15, -0.1) is 0 Å². The minimum Gasteiger partial charge on any atom is -0.367 e. The van der Waals surface area contributed by atoms with Crippen molar-refractivity contribution in [2.24, 2.45) is 5.73 Å². The average molecular weight is 229 g/mol. The third-order valence-corrected chi connectivity index (χ3v) is 2.76. The first-order valence-electron chi connectivity index (χ1n) is 5.29. The Morgan fingerprint density at radius 2 is 2.12 bits per heavy atom. The van der Waals surface area contributed by atoms with E-state index in [-0.39, 0.29) is 11.9 Å². The summed E-state index contributed by atoms with van der Waals surface area (Å²) in [6.45, 7) is 3.28. The van der Waals surface area contributed by atoms with Crippen LogP contribution >= 0.6 is 0 Å². The number of carbonyl (C=O) groups is 2. The van der Waals surface area contributed by atoms with E-state index < -0.39 is 12.0 Å². The van der Waals surface area contributed by atoms with Gasteiger partial charge in [0.1, 0.15) is 6.10 Å². The smallest absolute Gasteiger partial charge is 0.247 e. The second-order valence-corrected chi connectivity index (χ2v) is 4.17. The van der Waals surface area contributed by atoms with Crippen LogP contribution in [-0.2, 0) is 14.3 Å². The molecule has 0 aromatic rings. The summed E-state index contributed by atoms with van der Waals surface area (Å²) in [5.74, 6) is -0.459. The summed E-state index contributed by atoms with van der Waals surface area (Å²) < 4.78 is 5.22. The van der Waals surface area contributed by atoms with E-state index >= 15 is 0 Å². The fourth-order valence-electron chi connectivity index (χ4n) is 1.72. The average Bonchev–Trinajstić information content (AvgIpc) is 2.27. The van der Waals surface area contributed by atoms with Gasteiger partial charge >= 0.3 is 0 Å². The van der Waals surface area contributed by atoms with Gasteiger partial charge in [-0.1, -0.05) is 0 Å². The van der Waals surface area contributed by atoms with Crippen LogP contribution in [0, 0.1) is 0 Å². The van der Waals surface area contributed by atoms with Gasteiger partial charge in [-0.2, -0.15) is 0 Å². The van der Waals surface area contributed by atoms with E-state index in [1.165, 1.54) is 0 Å². The number of carbonyl (C=O) groups excluding carboxylic acids is 2. The molecule has 1 saturated heterocycles. The molecule has 1 heterocycles. The van der Waals surface area contributed by atoms with E-state index in [4.69, 9.17) is 10.5 Å². The number of nitrogens with two attached hydrogens (primary N) is 1. The number of primary amides is 1. The molecule has 1 aliphatic heterocycles. The summed E-state index contributed by atoms with van der Waals surface area (Å²) in [6.07, 6.45) is -0.605. The number of morpholine rings is 1. The molecular weight excluding hydrogens is 210 g/mol. The molecule has 2 atom stereocenters. The first-order chi connectivity index (χ1) is 7.43. The molecule has 0 aromatic heterocycles. The number of nitrogens with zero attached hydrogens (tertiary/aromatic N) is 2. The number of amides is 2. The van der Waals surface area contributed by atoms with Crippen molar-refractivity contribution in [3.63, 3.8) is 0 Å². The Hall–Kier alpha value is -1.14. The normalized spacial score (nSPS) is 23.8. The number of ether oxygens (including phenoxy) is 1. The summed E-state index contributed by atoms with van der Waals surface area (Å²) in [6, 6.07) is -0.249. The quantitative estimate of drug-likeness (QED) is 0.649. The van der Waals surface area contributed by atoms with Crippen LogP contribution in [-0.4, -0.2) is 67.6 Å². The molecule has 0 spiro atoms. The summed E-state index contributed by atoms with van der Waals surface area (Å²) in [5, 5.41) is 0. The molecule has 92 valence electrons. The lowest BCUT2D eigenvalue weighted by Crippen LogP contribution is -2.54. The molecule has 6 heteroatoms. The van der Waals surface area contributed by atoms with E-state index in [1.807, 2.05) is 11.8 Å². The standard InChI is InChI=1S/C10H19N3O3/c1-7(10(15)12(2)3)13-4-5-16-8(6-13)9(11)14/h7-8H,4-6H2,1-3H3,(H2,11,14). The van der Waals surface area contributed by atoms with Crippen molar-refractivity contribution in [1.82, 2.24) is 9.80 Å². The first-order valence-corrected chi connectivity index (χ1v) is 5.29. The van der Waals surface area contributed by atoms with Gasteiger partial charge < -0.3 is 15.4 Å². The molecular formula is C10H19N3O3. The number of rotatable bonds is 3. The van der Waals surface area contributed by atoms with Gasteiger partial charge in [0.15, 0.2) is 0 Å². The van der Waals surface area contributed by atoms with E-state index in [0.29, 0.717) is 19.7 Å². The molecule has 2 amide bonds. The lowest BCUT2D eigenvalue weighted by atomic mass is 10.2. The molecule has 1 aliphatic rings. The highest BCUT2D eigenvalue weighted by Gasteiger charge is 2.30. The second kappa shape index (κ2) is 5.27. The van der Waals surface area contributed by atoms with Crippen LogP contribution in [0.4, 0.5) is 0 Å². The molecule has 0 aromatic carbocycles.